The number of carbonyl (C=O) groups excluding carboxylic acids is 1. The topological polar surface area (TPSA) is 52.3 Å². The Morgan fingerprint density at radius 2 is 2.00 bits per heavy atom. The molecule has 0 saturated carbocycles. The largest absolute Gasteiger partial charge is 0.408 e. The highest BCUT2D eigenvalue weighted by Crippen LogP contribution is 2.22. The second-order valence-corrected chi connectivity index (χ2v) is 5.33. The van der Waals surface area contributed by atoms with Crippen molar-refractivity contribution in [2.24, 2.45) is 11.8 Å². The summed E-state index contributed by atoms with van der Waals surface area (Å²) in [7, 11) is 0. The van der Waals surface area contributed by atoms with Crippen molar-refractivity contribution in [3.8, 4) is 5.75 Å². The smallest absolute Gasteiger partial charge is 0.182 e. The first-order chi connectivity index (χ1) is 8.95. The summed E-state index contributed by atoms with van der Waals surface area (Å²) in [5.74, 6) is 4.41. The van der Waals surface area contributed by atoms with Crippen molar-refractivity contribution in [1.29, 1.82) is 0 Å². The van der Waals surface area contributed by atoms with E-state index in [1.54, 1.807) is 0 Å². The lowest BCUT2D eigenvalue weighted by molar-refractivity contribution is 0.0984. The second-order valence-electron chi connectivity index (χ2n) is 4.22. The molecule has 1 atom stereocenters. The summed E-state index contributed by atoms with van der Waals surface area (Å²) in [4.78, 5) is 16.0. The average molecular weight is 334 g/mol. The summed E-state index contributed by atoms with van der Waals surface area (Å²) in [6.45, 7) is 8.04. The van der Waals surface area contributed by atoms with Crippen LogP contribution in [0.25, 0.3) is 0 Å². The molecule has 3 nitrogen and oxygen atoms in total. The van der Waals surface area contributed by atoms with Gasteiger partial charge in [0.2, 0.25) is 0 Å². The Bertz CT molecular complexity index is 410. The molecule has 1 rings (SSSR count). The van der Waals surface area contributed by atoms with Gasteiger partial charge in [-0.1, -0.05) is 43.6 Å². The molecule has 0 aliphatic heterocycles. The van der Waals surface area contributed by atoms with Crippen LogP contribution >= 0.6 is 15.9 Å². The van der Waals surface area contributed by atoms with Crippen LogP contribution in [0, 0.1) is 11.7 Å². The van der Waals surface area contributed by atoms with Crippen molar-refractivity contribution < 1.29 is 14.0 Å². The van der Waals surface area contributed by atoms with Gasteiger partial charge >= 0.3 is 0 Å². The van der Waals surface area contributed by atoms with Gasteiger partial charge in [0.15, 0.2) is 17.3 Å². The summed E-state index contributed by atoms with van der Waals surface area (Å²) in [6.07, 6.45) is 0.704. The number of nitrogens with two attached hydrogens (primary N) is 1. The van der Waals surface area contributed by atoms with Crippen LogP contribution in [0.15, 0.2) is 18.2 Å². The number of benzene rings is 1. The van der Waals surface area contributed by atoms with E-state index in [4.69, 9.17) is 5.90 Å². The van der Waals surface area contributed by atoms with Crippen molar-refractivity contribution in [3.05, 3.63) is 29.6 Å². The van der Waals surface area contributed by atoms with Crippen molar-refractivity contribution in [2.45, 2.75) is 38.9 Å². The minimum Gasteiger partial charge on any atom is -0.408 e. The fraction of sp³-hybridized carbons (Fsp3) is 0.500. The van der Waals surface area contributed by atoms with Gasteiger partial charge in [-0.05, 0) is 30.5 Å². The van der Waals surface area contributed by atoms with Gasteiger partial charge in [-0.15, -0.1) is 0 Å². The average Bonchev–Trinajstić information content (AvgIpc) is 2.39. The number of rotatable bonds is 5. The number of ketones is 1. The Hall–Kier alpha value is -0.940. The molecule has 0 spiro atoms. The first kappa shape index (κ1) is 18.1. The molecule has 0 fully saturated rings. The van der Waals surface area contributed by atoms with Crippen LogP contribution in [0.2, 0.25) is 0 Å². The normalized spacial score (nSPS) is 11.6. The summed E-state index contributed by atoms with van der Waals surface area (Å²) in [5, 5.41) is 0. The van der Waals surface area contributed by atoms with Crippen LogP contribution in [-0.4, -0.2) is 10.6 Å². The molecule has 5 heteroatoms. The van der Waals surface area contributed by atoms with E-state index in [1.807, 2.05) is 27.7 Å². The molecule has 0 aliphatic carbocycles. The molecule has 0 amide bonds. The number of carbonyl (C=O) groups is 1. The summed E-state index contributed by atoms with van der Waals surface area (Å²) in [5.41, 5.74) is 0.311. The predicted octanol–water partition coefficient (Wildman–Crippen LogP) is 4.10. The molecule has 0 saturated heterocycles. The maximum atomic E-state index is 13.4. The van der Waals surface area contributed by atoms with Crippen LogP contribution in [0.5, 0.6) is 5.75 Å². The van der Waals surface area contributed by atoms with E-state index in [0.717, 1.165) is 6.07 Å². The number of alkyl halides is 1. The van der Waals surface area contributed by atoms with Gasteiger partial charge in [-0.25, -0.2) is 4.39 Å². The highest BCUT2D eigenvalue weighted by Gasteiger charge is 2.19. The molecule has 0 heterocycles. The van der Waals surface area contributed by atoms with E-state index in [1.165, 1.54) is 12.1 Å². The molecule has 0 radical (unpaired) electrons. The summed E-state index contributed by atoms with van der Waals surface area (Å²) >= 11 is 3.31. The molecular formula is C14H21BrFNO2. The summed E-state index contributed by atoms with van der Waals surface area (Å²) in [6, 6.07) is 3.99. The predicted molar refractivity (Wildman–Crippen MR) is 79.1 cm³/mol. The van der Waals surface area contributed by atoms with Crippen molar-refractivity contribution in [2.75, 3.05) is 0 Å². The molecule has 0 aliphatic rings. The van der Waals surface area contributed by atoms with Gasteiger partial charge in [-0.2, -0.15) is 5.90 Å². The maximum absolute atomic E-state index is 13.4. The number of halogens is 2. The zero-order chi connectivity index (χ0) is 15.0. The third-order valence-electron chi connectivity index (χ3n) is 2.31. The van der Waals surface area contributed by atoms with Crippen LogP contribution in [0.3, 0.4) is 0 Å². The van der Waals surface area contributed by atoms with Gasteiger partial charge in [0.1, 0.15) is 0 Å². The second kappa shape index (κ2) is 9.04. The van der Waals surface area contributed by atoms with Crippen molar-refractivity contribution in [1.82, 2.24) is 0 Å². The first-order valence-corrected chi connectivity index (χ1v) is 7.21. The number of hydrogen-bond acceptors (Lipinski definition) is 3. The van der Waals surface area contributed by atoms with Crippen LogP contribution in [0.4, 0.5) is 4.39 Å². The zero-order valence-corrected chi connectivity index (χ0v) is 13.3. The van der Waals surface area contributed by atoms with E-state index >= 15 is 0 Å². The highest BCUT2D eigenvalue weighted by molar-refractivity contribution is 9.10. The van der Waals surface area contributed by atoms with Crippen molar-refractivity contribution in [3.63, 3.8) is 0 Å². The van der Waals surface area contributed by atoms with Gasteiger partial charge in [-0.3, -0.25) is 4.79 Å². The third kappa shape index (κ3) is 5.70. The lowest BCUT2D eigenvalue weighted by atomic mass is 10.0. The van der Waals surface area contributed by atoms with Crippen LogP contribution < -0.4 is 10.7 Å². The van der Waals surface area contributed by atoms with E-state index in [9.17, 15) is 9.18 Å². The lowest BCUT2D eigenvalue weighted by Crippen LogP contribution is -2.17. The molecule has 108 valence electrons. The molecule has 1 aromatic carbocycles. The van der Waals surface area contributed by atoms with Gasteiger partial charge in [0.05, 0.1) is 4.83 Å². The van der Waals surface area contributed by atoms with Crippen LogP contribution in [0.1, 0.15) is 44.5 Å². The number of Topliss-reactive ketones (excluding diaryl/α,β-unsaturated/α-hetero) is 1. The Kier molecular flexibility index (Phi) is 8.59. The monoisotopic (exact) mass is 333 g/mol. The molecule has 0 bridgehead atoms. The van der Waals surface area contributed by atoms with E-state index < -0.39 is 5.82 Å². The Morgan fingerprint density at radius 1 is 1.42 bits per heavy atom. The summed E-state index contributed by atoms with van der Waals surface area (Å²) < 4.78 is 13.4. The van der Waals surface area contributed by atoms with Crippen molar-refractivity contribution >= 4 is 21.7 Å². The minimum atomic E-state index is -0.636. The fourth-order valence-corrected chi connectivity index (χ4v) is 2.46. The van der Waals surface area contributed by atoms with E-state index in [-0.39, 0.29) is 16.4 Å². The molecule has 2 N–H and O–H groups in total. The molecule has 19 heavy (non-hydrogen) atoms. The fourth-order valence-electron chi connectivity index (χ4n) is 1.45. The zero-order valence-electron chi connectivity index (χ0n) is 11.7. The van der Waals surface area contributed by atoms with Gasteiger partial charge in [0, 0.05) is 5.56 Å². The molecule has 1 aromatic rings. The third-order valence-corrected chi connectivity index (χ3v) is 3.10. The highest BCUT2D eigenvalue weighted by atomic mass is 79.9. The maximum Gasteiger partial charge on any atom is 0.182 e. The SMILES string of the molecule is CC.CC(C)CC(Br)C(=O)c1ccc(ON)c(F)c1. The molecular weight excluding hydrogens is 313 g/mol. The molecule has 1 unspecified atom stereocenters. The quantitative estimate of drug-likeness (QED) is 0.501. The standard InChI is InChI=1S/C12H15BrFNO2.C2H6/c1-7(2)5-9(13)12(16)8-3-4-11(17-15)10(14)6-8;1-2/h3-4,6-7,9H,5,15H2,1-2H3;1-2H3. The van der Waals surface area contributed by atoms with E-state index in [2.05, 4.69) is 20.8 Å². The van der Waals surface area contributed by atoms with Gasteiger partial charge < -0.3 is 4.84 Å². The van der Waals surface area contributed by atoms with Crippen LogP contribution in [-0.2, 0) is 0 Å². The Labute approximate surface area is 122 Å². The first-order valence-electron chi connectivity index (χ1n) is 6.30. The Morgan fingerprint density at radius 3 is 2.42 bits per heavy atom. The molecule has 0 aromatic heterocycles. The Balaban J connectivity index is 0.00000154. The number of hydrogen-bond donors (Lipinski definition) is 1. The minimum absolute atomic E-state index is 0.0727. The van der Waals surface area contributed by atoms with Gasteiger partial charge in [0.25, 0.3) is 0 Å². The van der Waals surface area contributed by atoms with E-state index in [0.29, 0.717) is 17.9 Å². The lowest BCUT2D eigenvalue weighted by Gasteiger charge is -2.11.